The zero-order chi connectivity index (χ0) is 8.67. The Hall–Kier alpha value is -1.64. The first kappa shape index (κ1) is 6.83. The molecule has 2 heterocycles. The summed E-state index contributed by atoms with van der Waals surface area (Å²) < 4.78 is 0. The Morgan fingerprint density at radius 1 is 1.00 bits per heavy atom. The highest BCUT2D eigenvalue weighted by molar-refractivity contribution is 5.72. The quantitative estimate of drug-likeness (QED) is 0.554. The first-order chi connectivity index (χ1) is 6.43. The summed E-state index contributed by atoms with van der Waals surface area (Å²) in [6, 6.07) is 8.62. The summed E-state index contributed by atoms with van der Waals surface area (Å²) in [6.07, 6.45) is 4.42. The Kier molecular flexibility index (Phi) is 1.27. The average molecular weight is 173 g/mol. The smallest absolute Gasteiger partial charge is 0.121 e. The Morgan fingerprint density at radius 2 is 1.77 bits per heavy atom. The lowest BCUT2D eigenvalue weighted by Crippen LogP contribution is -2.45. The summed E-state index contributed by atoms with van der Waals surface area (Å²) in [7, 11) is 0. The van der Waals surface area contributed by atoms with Crippen LogP contribution in [0.2, 0.25) is 0 Å². The molecule has 3 nitrogen and oxygen atoms in total. The molecule has 3 N–H and O–H groups in total. The molecule has 0 radical (unpaired) electrons. The zero-order valence-corrected chi connectivity index (χ0v) is 7.12. The number of hydrogen-bond donors (Lipinski definition) is 3. The van der Waals surface area contributed by atoms with E-state index in [1.165, 1.54) is 11.4 Å². The largest absolute Gasteiger partial charge is 0.373 e. The molecule has 2 unspecified atom stereocenters. The van der Waals surface area contributed by atoms with Gasteiger partial charge in [0.2, 0.25) is 0 Å². The third-order valence-corrected chi connectivity index (χ3v) is 2.50. The van der Waals surface area contributed by atoms with Crippen LogP contribution in [0.5, 0.6) is 0 Å². The number of anilines is 2. The van der Waals surface area contributed by atoms with Gasteiger partial charge in [0.1, 0.15) is 6.17 Å². The Labute approximate surface area is 76.8 Å². The predicted octanol–water partition coefficient (Wildman–Crippen LogP) is 1.34. The first-order valence-electron chi connectivity index (χ1n) is 4.48. The van der Waals surface area contributed by atoms with E-state index in [0.717, 1.165) is 0 Å². The number of rotatable bonds is 0. The van der Waals surface area contributed by atoms with Crippen LogP contribution >= 0.6 is 0 Å². The molecule has 1 aromatic rings. The lowest BCUT2D eigenvalue weighted by Gasteiger charge is -2.31. The minimum atomic E-state index is 0.301. The van der Waals surface area contributed by atoms with Crippen molar-refractivity contribution in [2.45, 2.75) is 12.2 Å². The van der Waals surface area contributed by atoms with Crippen molar-refractivity contribution in [1.82, 2.24) is 5.32 Å². The van der Waals surface area contributed by atoms with Gasteiger partial charge in [-0.25, -0.2) is 0 Å². The molecule has 2 aliphatic heterocycles. The van der Waals surface area contributed by atoms with Gasteiger partial charge in [0.25, 0.3) is 0 Å². The van der Waals surface area contributed by atoms with Crippen LogP contribution in [0.15, 0.2) is 36.5 Å². The van der Waals surface area contributed by atoms with Gasteiger partial charge in [-0.05, 0) is 24.4 Å². The highest BCUT2D eigenvalue weighted by atomic mass is 15.2. The van der Waals surface area contributed by atoms with Crippen molar-refractivity contribution in [3.63, 3.8) is 0 Å². The van der Waals surface area contributed by atoms with E-state index >= 15 is 0 Å². The maximum absolute atomic E-state index is 3.45. The zero-order valence-electron chi connectivity index (χ0n) is 7.12. The molecule has 0 saturated heterocycles. The van der Waals surface area contributed by atoms with E-state index in [2.05, 4.69) is 34.2 Å². The minimum Gasteiger partial charge on any atom is -0.373 e. The van der Waals surface area contributed by atoms with Crippen LogP contribution in [0.3, 0.4) is 0 Å². The first-order valence-corrected chi connectivity index (χ1v) is 4.48. The van der Waals surface area contributed by atoms with E-state index in [4.69, 9.17) is 0 Å². The van der Waals surface area contributed by atoms with Crippen LogP contribution < -0.4 is 16.0 Å². The average Bonchev–Trinajstić information content (AvgIpc) is 2.61. The predicted molar refractivity (Wildman–Crippen MR) is 53.5 cm³/mol. The fourth-order valence-electron chi connectivity index (χ4n) is 1.82. The molecule has 3 rings (SSSR count). The van der Waals surface area contributed by atoms with Crippen LogP contribution in [0.1, 0.15) is 0 Å². The van der Waals surface area contributed by atoms with Crippen LogP contribution in [0.25, 0.3) is 0 Å². The monoisotopic (exact) mass is 173 g/mol. The van der Waals surface area contributed by atoms with Crippen molar-refractivity contribution < 1.29 is 0 Å². The number of benzene rings is 1. The standard InChI is InChI=1S/C10H11N3/c1-2-4-8-7(3-1)12-9-5-6-11-10(9)13-8/h1-6,9-13H. The van der Waals surface area contributed by atoms with Gasteiger partial charge in [-0.3, -0.25) is 0 Å². The molecule has 2 aliphatic rings. The summed E-state index contributed by atoms with van der Waals surface area (Å²) in [6.45, 7) is 0. The Morgan fingerprint density at radius 3 is 2.62 bits per heavy atom. The fraction of sp³-hybridized carbons (Fsp3) is 0.200. The lowest BCUT2D eigenvalue weighted by molar-refractivity contribution is 0.642. The van der Waals surface area contributed by atoms with Crippen LogP contribution in [0, 0.1) is 0 Å². The molecule has 0 saturated carbocycles. The second-order valence-corrected chi connectivity index (χ2v) is 3.36. The fourth-order valence-corrected chi connectivity index (χ4v) is 1.82. The van der Waals surface area contributed by atoms with Gasteiger partial charge < -0.3 is 16.0 Å². The molecule has 0 aromatic heterocycles. The molecule has 0 amide bonds. The SMILES string of the molecule is C1=CC2Nc3ccccc3NC2N1. The number of fused-ring (bicyclic) bond motifs is 2. The van der Waals surface area contributed by atoms with Gasteiger partial charge in [0, 0.05) is 0 Å². The molecule has 1 aromatic carbocycles. The second-order valence-electron chi connectivity index (χ2n) is 3.36. The maximum Gasteiger partial charge on any atom is 0.121 e. The molecule has 66 valence electrons. The van der Waals surface area contributed by atoms with Crippen molar-refractivity contribution >= 4 is 11.4 Å². The summed E-state index contributed by atoms with van der Waals surface area (Å²) in [4.78, 5) is 0. The van der Waals surface area contributed by atoms with E-state index in [0.29, 0.717) is 12.2 Å². The third kappa shape index (κ3) is 0.967. The van der Waals surface area contributed by atoms with Gasteiger partial charge in [-0.1, -0.05) is 12.1 Å². The molecular formula is C10H11N3. The Bertz CT molecular complexity index is 359. The Balaban J connectivity index is 2.00. The summed E-state index contributed by atoms with van der Waals surface area (Å²) in [5.74, 6) is 0. The van der Waals surface area contributed by atoms with Crippen LogP contribution in [-0.2, 0) is 0 Å². The van der Waals surface area contributed by atoms with Gasteiger partial charge in [-0.2, -0.15) is 0 Å². The molecule has 0 aliphatic carbocycles. The second kappa shape index (κ2) is 2.42. The van der Waals surface area contributed by atoms with Crippen molar-refractivity contribution in [3.05, 3.63) is 36.5 Å². The molecule has 2 atom stereocenters. The van der Waals surface area contributed by atoms with Crippen molar-refractivity contribution in [2.75, 3.05) is 10.6 Å². The lowest BCUT2D eigenvalue weighted by atomic mass is 10.1. The maximum atomic E-state index is 3.45. The molecule has 0 fully saturated rings. The minimum absolute atomic E-state index is 0.301. The molecule has 3 heteroatoms. The molecule has 0 bridgehead atoms. The van der Waals surface area contributed by atoms with E-state index in [1.54, 1.807) is 0 Å². The van der Waals surface area contributed by atoms with Crippen molar-refractivity contribution in [2.24, 2.45) is 0 Å². The van der Waals surface area contributed by atoms with Gasteiger partial charge in [0.05, 0.1) is 17.4 Å². The summed E-state index contributed by atoms with van der Waals surface area (Å²) >= 11 is 0. The molecular weight excluding hydrogens is 162 g/mol. The molecule has 0 spiro atoms. The van der Waals surface area contributed by atoms with E-state index in [1.807, 2.05) is 18.3 Å². The van der Waals surface area contributed by atoms with Crippen LogP contribution in [-0.4, -0.2) is 12.2 Å². The van der Waals surface area contributed by atoms with E-state index in [-0.39, 0.29) is 0 Å². The van der Waals surface area contributed by atoms with Gasteiger partial charge in [0.15, 0.2) is 0 Å². The number of para-hydroxylation sites is 2. The summed E-state index contributed by atoms with van der Waals surface area (Å²) in [5, 5.41) is 10.1. The third-order valence-electron chi connectivity index (χ3n) is 2.50. The van der Waals surface area contributed by atoms with Crippen molar-refractivity contribution in [3.8, 4) is 0 Å². The van der Waals surface area contributed by atoms with E-state index < -0.39 is 0 Å². The highest BCUT2D eigenvalue weighted by Gasteiger charge is 2.27. The number of hydrogen-bond acceptors (Lipinski definition) is 3. The van der Waals surface area contributed by atoms with Crippen LogP contribution in [0.4, 0.5) is 11.4 Å². The van der Waals surface area contributed by atoms with E-state index in [9.17, 15) is 0 Å². The topological polar surface area (TPSA) is 36.1 Å². The normalized spacial score (nSPS) is 28.0. The summed E-state index contributed by atoms with van der Waals surface area (Å²) in [5.41, 5.74) is 2.34. The number of nitrogens with one attached hydrogen (secondary N) is 3. The van der Waals surface area contributed by atoms with Gasteiger partial charge >= 0.3 is 0 Å². The van der Waals surface area contributed by atoms with Gasteiger partial charge in [-0.15, -0.1) is 0 Å². The highest BCUT2D eigenvalue weighted by Crippen LogP contribution is 2.28. The van der Waals surface area contributed by atoms with Crippen molar-refractivity contribution in [1.29, 1.82) is 0 Å². The molecule has 13 heavy (non-hydrogen) atoms.